The molecule has 0 saturated carbocycles. The van der Waals surface area contributed by atoms with Crippen LogP contribution in [-0.4, -0.2) is 66.7 Å². The average molecular weight is 475 g/mol. The molecular formula is C19H37F3N2O6Si. The highest BCUT2D eigenvalue weighted by Gasteiger charge is 2.38. The van der Waals surface area contributed by atoms with Gasteiger partial charge in [-0.15, -0.1) is 0 Å². The number of hydrogen-bond donors (Lipinski definition) is 4. The summed E-state index contributed by atoms with van der Waals surface area (Å²) in [7, 11) is -1.43. The van der Waals surface area contributed by atoms with E-state index >= 15 is 0 Å². The molecule has 4 N–H and O–H groups in total. The first kappa shape index (κ1) is 31.4. The van der Waals surface area contributed by atoms with E-state index in [1.54, 1.807) is 0 Å². The quantitative estimate of drug-likeness (QED) is 0.373. The summed E-state index contributed by atoms with van der Waals surface area (Å²) in [5.41, 5.74) is -0.553. The normalized spacial score (nSPS) is 14.2. The molecule has 0 aliphatic heterocycles. The second-order valence-electron chi connectivity index (χ2n) is 9.84. The Morgan fingerprint density at radius 2 is 1.48 bits per heavy atom. The van der Waals surface area contributed by atoms with E-state index in [4.69, 9.17) is 14.6 Å². The van der Waals surface area contributed by atoms with E-state index in [-0.39, 0.29) is 12.0 Å². The van der Waals surface area contributed by atoms with Crippen LogP contribution < -0.4 is 10.6 Å². The number of hydrogen-bond acceptors (Lipinski definition) is 5. The molecule has 0 radical (unpaired) electrons. The van der Waals surface area contributed by atoms with Crippen LogP contribution in [0.15, 0.2) is 0 Å². The Kier molecular flexibility index (Phi) is 13.0. The SMILES string of the molecule is CC(C)C[C@H](NC[C@H](C[Si](C)(C)C)NC(=O)OC(C)(C)C)C(=O)O.O=C(O)C(F)(F)F. The number of nitrogens with one attached hydrogen (secondary N) is 2. The summed E-state index contributed by atoms with van der Waals surface area (Å²) in [6, 6.07) is 0.114. The lowest BCUT2D eigenvalue weighted by Gasteiger charge is -2.29. The van der Waals surface area contributed by atoms with Gasteiger partial charge in [-0.1, -0.05) is 33.5 Å². The predicted octanol–water partition coefficient (Wildman–Crippen LogP) is 3.94. The van der Waals surface area contributed by atoms with Gasteiger partial charge in [0.2, 0.25) is 0 Å². The van der Waals surface area contributed by atoms with Crippen molar-refractivity contribution in [2.45, 2.75) is 90.6 Å². The van der Waals surface area contributed by atoms with Crippen molar-refractivity contribution in [2.75, 3.05) is 6.54 Å². The summed E-state index contributed by atoms with van der Waals surface area (Å²) >= 11 is 0. The smallest absolute Gasteiger partial charge is 0.480 e. The van der Waals surface area contributed by atoms with E-state index in [0.717, 1.165) is 6.04 Å². The van der Waals surface area contributed by atoms with Crippen molar-refractivity contribution in [1.82, 2.24) is 10.6 Å². The fraction of sp³-hybridized carbons (Fsp3) is 0.842. The molecular weight excluding hydrogens is 437 g/mol. The fourth-order valence-corrected chi connectivity index (χ4v) is 4.14. The Labute approximate surface area is 182 Å². The van der Waals surface area contributed by atoms with Crippen molar-refractivity contribution in [3.63, 3.8) is 0 Å². The number of alkyl carbamates (subject to hydrolysis) is 1. The Balaban J connectivity index is 0. The molecule has 1 amide bonds. The molecule has 0 aromatic rings. The van der Waals surface area contributed by atoms with Gasteiger partial charge in [-0.2, -0.15) is 13.2 Å². The van der Waals surface area contributed by atoms with Gasteiger partial charge in [-0.25, -0.2) is 9.59 Å². The highest BCUT2D eigenvalue weighted by Crippen LogP contribution is 2.14. The molecule has 2 atom stereocenters. The van der Waals surface area contributed by atoms with Gasteiger partial charge in [-0.3, -0.25) is 4.79 Å². The number of carbonyl (C=O) groups excluding carboxylic acids is 1. The maximum atomic E-state index is 12.0. The van der Waals surface area contributed by atoms with Gasteiger partial charge in [0.15, 0.2) is 0 Å². The first-order valence-electron chi connectivity index (χ1n) is 9.90. The minimum atomic E-state index is -5.08. The van der Waals surface area contributed by atoms with Crippen molar-refractivity contribution < 1.29 is 42.5 Å². The summed E-state index contributed by atoms with van der Waals surface area (Å²) in [6.45, 7) is 16.5. The summed E-state index contributed by atoms with van der Waals surface area (Å²) in [6.07, 6.45) is -4.98. The number of aliphatic carboxylic acids is 2. The van der Waals surface area contributed by atoms with E-state index in [1.807, 2.05) is 34.6 Å². The third-order valence-corrected chi connectivity index (χ3v) is 5.16. The van der Waals surface area contributed by atoms with Gasteiger partial charge in [0, 0.05) is 20.7 Å². The largest absolute Gasteiger partial charge is 0.490 e. The van der Waals surface area contributed by atoms with Crippen molar-refractivity contribution in [3.05, 3.63) is 0 Å². The van der Waals surface area contributed by atoms with Gasteiger partial charge >= 0.3 is 24.2 Å². The van der Waals surface area contributed by atoms with Crippen LogP contribution in [0.3, 0.4) is 0 Å². The number of carboxylic acid groups (broad SMARTS) is 2. The van der Waals surface area contributed by atoms with Crippen molar-refractivity contribution in [1.29, 1.82) is 0 Å². The van der Waals surface area contributed by atoms with Gasteiger partial charge in [-0.05, 0) is 39.2 Å². The Hall–Kier alpha value is -1.82. The maximum Gasteiger partial charge on any atom is 0.490 e. The van der Waals surface area contributed by atoms with Gasteiger partial charge < -0.3 is 25.6 Å². The summed E-state index contributed by atoms with van der Waals surface area (Å²) in [4.78, 5) is 32.3. The van der Waals surface area contributed by atoms with Gasteiger partial charge in [0.25, 0.3) is 0 Å². The molecule has 0 bridgehead atoms. The molecule has 0 aromatic heterocycles. The lowest BCUT2D eigenvalue weighted by Crippen LogP contribution is -2.50. The van der Waals surface area contributed by atoms with Crippen LogP contribution in [0, 0.1) is 5.92 Å². The minimum Gasteiger partial charge on any atom is -0.480 e. The minimum absolute atomic E-state index is 0.138. The molecule has 0 heterocycles. The van der Waals surface area contributed by atoms with Crippen LogP contribution in [0.5, 0.6) is 0 Å². The van der Waals surface area contributed by atoms with E-state index in [1.165, 1.54) is 0 Å². The average Bonchev–Trinajstić information content (AvgIpc) is 2.46. The molecule has 0 fully saturated rings. The summed E-state index contributed by atoms with van der Waals surface area (Å²) in [5.74, 6) is -3.33. The number of carbonyl (C=O) groups is 3. The molecule has 0 spiro atoms. The van der Waals surface area contributed by atoms with Crippen LogP contribution >= 0.6 is 0 Å². The molecule has 184 valence electrons. The second-order valence-corrected chi connectivity index (χ2v) is 15.4. The first-order chi connectivity index (χ1) is 13.6. The van der Waals surface area contributed by atoms with E-state index in [2.05, 4.69) is 30.3 Å². The standard InChI is InChI=1S/C17H36N2O4Si.C2HF3O2/c1-12(2)9-14(15(20)21)18-10-13(11-24(6,7)8)19-16(22)23-17(3,4)5;3-2(4,5)1(6)7/h12-14,18H,9-11H2,1-8H3,(H,19,22)(H,20,21);(H,6,7)/t13-,14+;/m1./s1. The molecule has 0 saturated heterocycles. The number of rotatable bonds is 9. The summed E-state index contributed by atoms with van der Waals surface area (Å²) in [5, 5.41) is 22.5. The van der Waals surface area contributed by atoms with Crippen LogP contribution in [0.4, 0.5) is 18.0 Å². The molecule has 0 aliphatic rings. The van der Waals surface area contributed by atoms with E-state index in [9.17, 15) is 27.9 Å². The zero-order valence-corrected chi connectivity index (χ0v) is 20.5. The Bertz CT molecular complexity index is 587. The topological polar surface area (TPSA) is 125 Å². The van der Waals surface area contributed by atoms with Crippen LogP contribution in [-0.2, 0) is 14.3 Å². The lowest BCUT2D eigenvalue weighted by atomic mass is 10.0. The van der Waals surface area contributed by atoms with Crippen LogP contribution in [0.25, 0.3) is 0 Å². The molecule has 31 heavy (non-hydrogen) atoms. The monoisotopic (exact) mass is 474 g/mol. The number of carboxylic acids is 2. The lowest BCUT2D eigenvalue weighted by molar-refractivity contribution is -0.192. The zero-order chi connectivity index (χ0) is 25.2. The van der Waals surface area contributed by atoms with Gasteiger partial charge in [0.1, 0.15) is 11.6 Å². The molecule has 0 aromatic carbocycles. The first-order valence-corrected chi connectivity index (χ1v) is 13.6. The number of halogens is 3. The maximum absolute atomic E-state index is 12.0. The second kappa shape index (κ2) is 12.9. The molecule has 8 nitrogen and oxygen atoms in total. The van der Waals surface area contributed by atoms with Crippen LogP contribution in [0.1, 0.15) is 41.0 Å². The molecule has 12 heteroatoms. The van der Waals surface area contributed by atoms with Gasteiger partial charge in [0.05, 0.1) is 0 Å². The molecule has 0 aliphatic carbocycles. The summed E-state index contributed by atoms with van der Waals surface area (Å²) < 4.78 is 37.1. The van der Waals surface area contributed by atoms with Crippen molar-refractivity contribution >= 4 is 26.1 Å². The number of amides is 1. The van der Waals surface area contributed by atoms with Crippen LogP contribution in [0.2, 0.25) is 25.7 Å². The fourth-order valence-electron chi connectivity index (χ4n) is 2.42. The van der Waals surface area contributed by atoms with Crippen molar-refractivity contribution in [3.8, 4) is 0 Å². The Morgan fingerprint density at radius 3 is 1.77 bits per heavy atom. The van der Waals surface area contributed by atoms with Crippen molar-refractivity contribution in [2.24, 2.45) is 5.92 Å². The van der Waals surface area contributed by atoms with E-state index in [0.29, 0.717) is 13.0 Å². The molecule has 0 rings (SSSR count). The number of alkyl halides is 3. The molecule has 0 unspecified atom stereocenters. The van der Waals surface area contributed by atoms with E-state index < -0.39 is 43.9 Å². The highest BCUT2D eigenvalue weighted by atomic mass is 28.3. The third-order valence-electron chi connectivity index (χ3n) is 3.44. The highest BCUT2D eigenvalue weighted by molar-refractivity contribution is 6.76. The zero-order valence-electron chi connectivity index (χ0n) is 19.5. The predicted molar refractivity (Wildman–Crippen MR) is 114 cm³/mol. The third kappa shape index (κ3) is 19.9. The number of ether oxygens (including phenoxy) is 1. The Morgan fingerprint density at radius 1 is 1.03 bits per heavy atom.